The fraction of sp³-hybridized carbons (Fsp3) is 0.333. The molecule has 0 amide bonds. The van der Waals surface area contributed by atoms with Gasteiger partial charge in [0, 0.05) is 0 Å². The minimum absolute atomic E-state index is 0.139. The van der Waals surface area contributed by atoms with Crippen LogP contribution in [-0.4, -0.2) is 20.1 Å². The molecule has 1 aliphatic heterocycles. The van der Waals surface area contributed by atoms with E-state index in [1.54, 1.807) is 16.8 Å². The lowest BCUT2D eigenvalue weighted by molar-refractivity contribution is -0.00231. The van der Waals surface area contributed by atoms with Gasteiger partial charge >= 0.3 is 0 Å². The van der Waals surface area contributed by atoms with Crippen LogP contribution in [0.5, 0.6) is 0 Å². The van der Waals surface area contributed by atoms with Crippen LogP contribution in [0.1, 0.15) is 23.1 Å². The number of halogens is 1. The fourth-order valence-electron chi connectivity index (χ4n) is 2.06. The topological polar surface area (TPSA) is 60.2 Å². The van der Waals surface area contributed by atoms with E-state index in [4.69, 9.17) is 9.84 Å². The molecule has 1 unspecified atom stereocenters. The van der Waals surface area contributed by atoms with Gasteiger partial charge in [0.1, 0.15) is 17.6 Å². The molecular weight excluding hydrogens is 237 g/mol. The van der Waals surface area contributed by atoms with Gasteiger partial charge in [0.25, 0.3) is 0 Å². The fourth-order valence-corrected chi connectivity index (χ4v) is 2.06. The minimum Gasteiger partial charge on any atom is -0.390 e. The smallest absolute Gasteiger partial charge is 0.123 e. The molecule has 0 bridgehead atoms. The third-order valence-corrected chi connectivity index (χ3v) is 3.07. The zero-order valence-corrected chi connectivity index (χ0v) is 9.58. The monoisotopic (exact) mass is 249 g/mol. The molecule has 1 atom stereocenters. The predicted molar refractivity (Wildman–Crippen MR) is 59.9 cm³/mol. The molecule has 1 aromatic carbocycles. The number of hydrogen-bond acceptors (Lipinski definition) is 4. The second kappa shape index (κ2) is 4.47. The number of ether oxygens (including phenoxy) is 1. The molecule has 0 saturated heterocycles. The molecule has 0 radical (unpaired) electrons. The largest absolute Gasteiger partial charge is 0.390 e. The van der Waals surface area contributed by atoms with Crippen LogP contribution in [0.4, 0.5) is 4.39 Å². The molecule has 0 saturated carbocycles. The van der Waals surface area contributed by atoms with E-state index in [1.807, 2.05) is 0 Å². The average molecular weight is 249 g/mol. The van der Waals surface area contributed by atoms with Gasteiger partial charge in [0.05, 0.1) is 25.5 Å². The summed E-state index contributed by atoms with van der Waals surface area (Å²) in [5, 5.41) is 16.9. The normalized spacial score (nSPS) is 18.7. The standard InChI is InChI=1S/C12H12FN3O2/c13-9-3-1-8(2-4-9)12-5-16-11(7-18-12)10(6-17)14-15-16/h1-4,12,17H,5-7H2. The third-order valence-electron chi connectivity index (χ3n) is 3.07. The Hall–Kier alpha value is -1.79. The van der Waals surface area contributed by atoms with Crippen LogP contribution >= 0.6 is 0 Å². The van der Waals surface area contributed by atoms with Crippen LogP contribution in [0.25, 0.3) is 0 Å². The van der Waals surface area contributed by atoms with Crippen molar-refractivity contribution >= 4 is 0 Å². The van der Waals surface area contributed by atoms with Crippen LogP contribution in [0, 0.1) is 5.82 Å². The molecule has 0 aliphatic carbocycles. The second-order valence-electron chi connectivity index (χ2n) is 4.17. The van der Waals surface area contributed by atoms with Crippen LogP contribution < -0.4 is 0 Å². The van der Waals surface area contributed by atoms with Crippen molar-refractivity contribution in [3.63, 3.8) is 0 Å². The lowest BCUT2D eigenvalue weighted by atomic mass is 10.1. The zero-order chi connectivity index (χ0) is 12.5. The third kappa shape index (κ3) is 1.89. The van der Waals surface area contributed by atoms with E-state index < -0.39 is 0 Å². The second-order valence-corrected chi connectivity index (χ2v) is 4.17. The number of aliphatic hydroxyl groups is 1. The summed E-state index contributed by atoms with van der Waals surface area (Å²) < 4.78 is 20.3. The number of nitrogens with zero attached hydrogens (tertiary/aromatic N) is 3. The van der Waals surface area contributed by atoms with Crippen LogP contribution in [-0.2, 0) is 24.5 Å². The number of aliphatic hydroxyl groups excluding tert-OH is 1. The Morgan fingerprint density at radius 3 is 2.89 bits per heavy atom. The summed E-state index contributed by atoms with van der Waals surface area (Å²) in [6.07, 6.45) is -0.161. The molecule has 0 fully saturated rings. The number of fused-ring (bicyclic) bond motifs is 1. The number of hydrogen-bond donors (Lipinski definition) is 1. The summed E-state index contributed by atoms with van der Waals surface area (Å²) in [5.41, 5.74) is 2.26. The summed E-state index contributed by atoms with van der Waals surface area (Å²) in [5.74, 6) is -0.265. The molecule has 5 nitrogen and oxygen atoms in total. The van der Waals surface area contributed by atoms with Gasteiger partial charge in [-0.25, -0.2) is 9.07 Å². The first kappa shape index (κ1) is 11.3. The Balaban J connectivity index is 1.84. The first-order chi connectivity index (χ1) is 8.78. The van der Waals surface area contributed by atoms with Crippen LogP contribution in [0.15, 0.2) is 24.3 Å². The maximum atomic E-state index is 12.8. The summed E-state index contributed by atoms with van der Waals surface area (Å²) in [4.78, 5) is 0. The molecule has 94 valence electrons. The zero-order valence-electron chi connectivity index (χ0n) is 9.58. The van der Waals surface area contributed by atoms with Crippen molar-refractivity contribution in [3.05, 3.63) is 47.0 Å². The average Bonchev–Trinajstić information content (AvgIpc) is 2.81. The van der Waals surface area contributed by atoms with E-state index in [-0.39, 0.29) is 18.5 Å². The SMILES string of the molecule is OCc1nnn2c1COC(c1ccc(F)cc1)C2. The Labute approximate surface area is 103 Å². The van der Waals surface area contributed by atoms with E-state index in [2.05, 4.69) is 10.3 Å². The summed E-state index contributed by atoms with van der Waals surface area (Å²) in [6, 6.07) is 6.23. The van der Waals surface area contributed by atoms with Crippen molar-refractivity contribution in [1.29, 1.82) is 0 Å². The maximum Gasteiger partial charge on any atom is 0.123 e. The van der Waals surface area contributed by atoms with Gasteiger partial charge < -0.3 is 9.84 Å². The highest BCUT2D eigenvalue weighted by molar-refractivity contribution is 5.20. The molecule has 1 aliphatic rings. The highest BCUT2D eigenvalue weighted by Crippen LogP contribution is 2.26. The van der Waals surface area contributed by atoms with E-state index in [9.17, 15) is 4.39 Å². The Morgan fingerprint density at radius 1 is 1.39 bits per heavy atom. The molecule has 0 spiro atoms. The van der Waals surface area contributed by atoms with E-state index in [0.717, 1.165) is 11.3 Å². The van der Waals surface area contributed by atoms with E-state index in [0.29, 0.717) is 18.8 Å². The van der Waals surface area contributed by atoms with Crippen LogP contribution in [0.2, 0.25) is 0 Å². The highest BCUT2D eigenvalue weighted by atomic mass is 19.1. The van der Waals surface area contributed by atoms with Crippen molar-refractivity contribution in [2.45, 2.75) is 25.9 Å². The predicted octanol–water partition coefficient (Wildman–Crippen LogP) is 1.18. The van der Waals surface area contributed by atoms with Crippen molar-refractivity contribution in [3.8, 4) is 0 Å². The molecule has 3 rings (SSSR count). The first-order valence-corrected chi connectivity index (χ1v) is 5.67. The van der Waals surface area contributed by atoms with Gasteiger partial charge in [-0.3, -0.25) is 0 Å². The van der Waals surface area contributed by atoms with Gasteiger partial charge in [-0.2, -0.15) is 0 Å². The van der Waals surface area contributed by atoms with Crippen molar-refractivity contribution in [1.82, 2.24) is 15.0 Å². The summed E-state index contributed by atoms with van der Waals surface area (Å²) in [7, 11) is 0. The number of benzene rings is 1. The van der Waals surface area contributed by atoms with Gasteiger partial charge in [-0.1, -0.05) is 17.3 Å². The quantitative estimate of drug-likeness (QED) is 0.868. The van der Waals surface area contributed by atoms with E-state index >= 15 is 0 Å². The molecule has 18 heavy (non-hydrogen) atoms. The molecular formula is C12H12FN3O2. The lowest BCUT2D eigenvalue weighted by Gasteiger charge is -2.24. The molecule has 2 heterocycles. The molecule has 1 aromatic heterocycles. The highest BCUT2D eigenvalue weighted by Gasteiger charge is 2.24. The minimum atomic E-state index is -0.265. The Bertz CT molecular complexity index is 553. The van der Waals surface area contributed by atoms with Crippen molar-refractivity contribution < 1.29 is 14.2 Å². The first-order valence-electron chi connectivity index (χ1n) is 5.67. The molecule has 1 N–H and O–H groups in total. The Morgan fingerprint density at radius 2 is 2.17 bits per heavy atom. The van der Waals surface area contributed by atoms with Gasteiger partial charge in [0.15, 0.2) is 0 Å². The lowest BCUT2D eigenvalue weighted by Crippen LogP contribution is -2.22. The summed E-state index contributed by atoms with van der Waals surface area (Å²) in [6.45, 7) is 0.735. The molecule has 2 aromatic rings. The van der Waals surface area contributed by atoms with Crippen LogP contribution in [0.3, 0.4) is 0 Å². The molecule has 6 heteroatoms. The summed E-state index contributed by atoms with van der Waals surface area (Å²) >= 11 is 0. The number of rotatable bonds is 2. The van der Waals surface area contributed by atoms with Crippen molar-refractivity contribution in [2.75, 3.05) is 0 Å². The van der Waals surface area contributed by atoms with E-state index in [1.165, 1.54) is 12.1 Å². The van der Waals surface area contributed by atoms with Crippen molar-refractivity contribution in [2.24, 2.45) is 0 Å². The van der Waals surface area contributed by atoms with Gasteiger partial charge in [0.2, 0.25) is 0 Å². The maximum absolute atomic E-state index is 12.8. The van der Waals surface area contributed by atoms with Gasteiger partial charge in [-0.15, -0.1) is 5.10 Å². The Kier molecular flexibility index (Phi) is 2.81. The number of aromatic nitrogens is 3. The van der Waals surface area contributed by atoms with Gasteiger partial charge in [-0.05, 0) is 17.7 Å².